The first-order chi connectivity index (χ1) is 9.22. The van der Waals surface area contributed by atoms with E-state index < -0.39 is 0 Å². The summed E-state index contributed by atoms with van der Waals surface area (Å²) in [6.45, 7) is 2.04. The third kappa shape index (κ3) is 3.79. The van der Waals surface area contributed by atoms with Crippen molar-refractivity contribution >= 4 is 27.5 Å². The molecule has 0 aliphatic carbocycles. The standard InChI is InChI=1S/C13H14BrClN2O2/c1-18-5-4-16-7-12-13(19-8-17-12)10-6-9(15)2-3-11(10)14/h2-3,6,8,16H,4-5,7H2,1H3. The van der Waals surface area contributed by atoms with Crippen LogP contribution in [0.15, 0.2) is 33.5 Å². The number of benzene rings is 1. The topological polar surface area (TPSA) is 47.3 Å². The van der Waals surface area contributed by atoms with Crippen molar-refractivity contribution in [1.29, 1.82) is 0 Å². The third-order valence-corrected chi connectivity index (χ3v) is 3.52. The molecule has 0 fully saturated rings. The highest BCUT2D eigenvalue weighted by molar-refractivity contribution is 9.10. The zero-order chi connectivity index (χ0) is 13.7. The summed E-state index contributed by atoms with van der Waals surface area (Å²) in [5, 5.41) is 3.90. The van der Waals surface area contributed by atoms with Crippen LogP contribution in [0.3, 0.4) is 0 Å². The van der Waals surface area contributed by atoms with Gasteiger partial charge < -0.3 is 14.5 Å². The van der Waals surface area contributed by atoms with Gasteiger partial charge in [0.2, 0.25) is 0 Å². The van der Waals surface area contributed by atoms with Gasteiger partial charge in [0.15, 0.2) is 12.2 Å². The molecule has 0 aliphatic rings. The molecule has 1 heterocycles. The quantitative estimate of drug-likeness (QED) is 0.814. The number of oxazole rings is 1. The summed E-state index contributed by atoms with van der Waals surface area (Å²) in [5.41, 5.74) is 1.74. The number of rotatable bonds is 6. The molecule has 1 N–H and O–H groups in total. The predicted molar refractivity (Wildman–Crippen MR) is 78.2 cm³/mol. The molecule has 0 spiro atoms. The molecular formula is C13H14BrClN2O2. The second-order valence-corrected chi connectivity index (χ2v) is 5.21. The van der Waals surface area contributed by atoms with E-state index in [1.165, 1.54) is 6.39 Å². The van der Waals surface area contributed by atoms with Crippen molar-refractivity contribution in [3.05, 3.63) is 39.8 Å². The van der Waals surface area contributed by atoms with Gasteiger partial charge in [-0.2, -0.15) is 0 Å². The average molecular weight is 346 g/mol. The Bertz CT molecular complexity index is 545. The lowest BCUT2D eigenvalue weighted by Crippen LogP contribution is -2.19. The SMILES string of the molecule is COCCNCc1ncoc1-c1cc(Cl)ccc1Br. The molecule has 0 aliphatic heterocycles. The average Bonchev–Trinajstić information content (AvgIpc) is 2.86. The summed E-state index contributed by atoms with van der Waals surface area (Å²) in [4.78, 5) is 4.23. The van der Waals surface area contributed by atoms with Gasteiger partial charge in [0, 0.05) is 35.3 Å². The Hall–Kier alpha value is -0.880. The zero-order valence-electron chi connectivity index (χ0n) is 10.5. The lowest BCUT2D eigenvalue weighted by molar-refractivity contribution is 0.199. The molecule has 4 nitrogen and oxygen atoms in total. The number of methoxy groups -OCH3 is 1. The molecule has 0 bridgehead atoms. The van der Waals surface area contributed by atoms with E-state index in [1.54, 1.807) is 7.11 Å². The fourth-order valence-electron chi connectivity index (χ4n) is 1.67. The number of halogens is 2. The van der Waals surface area contributed by atoms with Crippen molar-refractivity contribution in [1.82, 2.24) is 10.3 Å². The van der Waals surface area contributed by atoms with Crippen LogP contribution in [0.4, 0.5) is 0 Å². The van der Waals surface area contributed by atoms with Crippen molar-refractivity contribution in [3.8, 4) is 11.3 Å². The van der Waals surface area contributed by atoms with Crippen LogP contribution >= 0.6 is 27.5 Å². The van der Waals surface area contributed by atoms with Gasteiger partial charge in [0.1, 0.15) is 5.69 Å². The Morgan fingerprint density at radius 1 is 1.47 bits per heavy atom. The second kappa shape index (κ2) is 7.05. The maximum Gasteiger partial charge on any atom is 0.181 e. The summed E-state index contributed by atoms with van der Waals surface area (Å²) in [7, 11) is 1.67. The van der Waals surface area contributed by atoms with E-state index in [0.717, 1.165) is 28.0 Å². The minimum absolute atomic E-state index is 0.619. The maximum absolute atomic E-state index is 6.02. The Morgan fingerprint density at radius 2 is 2.32 bits per heavy atom. The predicted octanol–water partition coefficient (Wildman–Crippen LogP) is 3.49. The molecule has 19 heavy (non-hydrogen) atoms. The lowest BCUT2D eigenvalue weighted by atomic mass is 10.1. The van der Waals surface area contributed by atoms with Crippen LogP contribution in [-0.4, -0.2) is 25.2 Å². The number of ether oxygens (including phenoxy) is 1. The zero-order valence-corrected chi connectivity index (χ0v) is 12.8. The van der Waals surface area contributed by atoms with Crippen LogP contribution in [0.2, 0.25) is 5.02 Å². The van der Waals surface area contributed by atoms with E-state index >= 15 is 0 Å². The molecular weight excluding hydrogens is 332 g/mol. The molecule has 1 aromatic heterocycles. The van der Waals surface area contributed by atoms with Crippen molar-refractivity contribution in [3.63, 3.8) is 0 Å². The molecule has 6 heteroatoms. The molecule has 0 radical (unpaired) electrons. The van der Waals surface area contributed by atoms with Crippen LogP contribution in [-0.2, 0) is 11.3 Å². The highest BCUT2D eigenvalue weighted by atomic mass is 79.9. The Morgan fingerprint density at radius 3 is 3.11 bits per heavy atom. The van der Waals surface area contributed by atoms with Crippen molar-refractivity contribution in [2.45, 2.75) is 6.54 Å². The normalized spacial score (nSPS) is 10.9. The number of hydrogen-bond donors (Lipinski definition) is 1. The van der Waals surface area contributed by atoms with E-state index in [1.807, 2.05) is 18.2 Å². The molecule has 0 unspecified atom stereocenters. The van der Waals surface area contributed by atoms with Crippen LogP contribution in [0.5, 0.6) is 0 Å². The minimum atomic E-state index is 0.619. The second-order valence-electron chi connectivity index (χ2n) is 3.92. The van der Waals surface area contributed by atoms with Crippen LogP contribution in [0.1, 0.15) is 5.69 Å². The Labute approximate surface area is 125 Å². The van der Waals surface area contributed by atoms with Gasteiger partial charge in [-0.05, 0) is 18.2 Å². The number of hydrogen-bond acceptors (Lipinski definition) is 4. The van der Waals surface area contributed by atoms with E-state index in [0.29, 0.717) is 18.2 Å². The van der Waals surface area contributed by atoms with E-state index in [-0.39, 0.29) is 0 Å². The highest BCUT2D eigenvalue weighted by Gasteiger charge is 2.13. The summed E-state index contributed by atoms with van der Waals surface area (Å²) in [6.07, 6.45) is 1.44. The van der Waals surface area contributed by atoms with Gasteiger partial charge in [0.25, 0.3) is 0 Å². The molecule has 0 amide bonds. The number of aromatic nitrogens is 1. The molecule has 0 saturated heterocycles. The largest absolute Gasteiger partial charge is 0.443 e. The fourth-order valence-corrected chi connectivity index (χ4v) is 2.27. The van der Waals surface area contributed by atoms with Gasteiger partial charge in [-0.15, -0.1) is 0 Å². The Balaban J connectivity index is 2.16. The van der Waals surface area contributed by atoms with Gasteiger partial charge in [-0.3, -0.25) is 0 Å². The smallest absolute Gasteiger partial charge is 0.181 e. The van der Waals surface area contributed by atoms with E-state index in [9.17, 15) is 0 Å². The Kier molecular flexibility index (Phi) is 5.39. The van der Waals surface area contributed by atoms with Crippen molar-refractivity contribution < 1.29 is 9.15 Å². The van der Waals surface area contributed by atoms with Crippen LogP contribution in [0, 0.1) is 0 Å². The van der Waals surface area contributed by atoms with Gasteiger partial charge in [-0.1, -0.05) is 27.5 Å². The molecule has 1 aromatic carbocycles. The summed E-state index contributed by atoms with van der Waals surface area (Å²) in [6, 6.07) is 5.56. The summed E-state index contributed by atoms with van der Waals surface area (Å²) >= 11 is 9.51. The van der Waals surface area contributed by atoms with Gasteiger partial charge in [-0.25, -0.2) is 4.98 Å². The molecule has 0 saturated carbocycles. The molecule has 0 atom stereocenters. The van der Waals surface area contributed by atoms with Crippen molar-refractivity contribution in [2.24, 2.45) is 0 Å². The van der Waals surface area contributed by atoms with Crippen molar-refractivity contribution in [2.75, 3.05) is 20.3 Å². The fraction of sp³-hybridized carbons (Fsp3) is 0.308. The van der Waals surface area contributed by atoms with E-state index in [2.05, 4.69) is 26.2 Å². The van der Waals surface area contributed by atoms with Crippen LogP contribution in [0.25, 0.3) is 11.3 Å². The summed E-state index contributed by atoms with van der Waals surface area (Å²) < 4.78 is 11.4. The van der Waals surface area contributed by atoms with Gasteiger partial charge in [0.05, 0.1) is 6.61 Å². The lowest BCUT2D eigenvalue weighted by Gasteiger charge is -2.06. The molecule has 2 aromatic rings. The first-order valence-corrected chi connectivity index (χ1v) is 6.97. The minimum Gasteiger partial charge on any atom is -0.443 e. The van der Waals surface area contributed by atoms with E-state index in [4.69, 9.17) is 20.8 Å². The molecule has 102 valence electrons. The molecule has 2 rings (SSSR count). The highest BCUT2D eigenvalue weighted by Crippen LogP contribution is 2.32. The first kappa shape index (κ1) is 14.5. The first-order valence-electron chi connectivity index (χ1n) is 5.80. The monoisotopic (exact) mass is 344 g/mol. The third-order valence-electron chi connectivity index (χ3n) is 2.59. The van der Waals surface area contributed by atoms with Crippen LogP contribution < -0.4 is 5.32 Å². The summed E-state index contributed by atoms with van der Waals surface area (Å²) in [5.74, 6) is 0.722. The number of nitrogens with one attached hydrogen (secondary N) is 1. The maximum atomic E-state index is 6.02. The van der Waals surface area contributed by atoms with Gasteiger partial charge >= 0.3 is 0 Å². The number of nitrogens with zero attached hydrogens (tertiary/aromatic N) is 1.